The number of carbonyl (C=O) groups is 1. The van der Waals surface area contributed by atoms with Crippen molar-refractivity contribution in [1.82, 2.24) is 9.47 Å². The predicted octanol–water partition coefficient (Wildman–Crippen LogP) is 1.04. The molecule has 19 heavy (non-hydrogen) atoms. The maximum Gasteiger partial charge on any atom is 0.317 e. The van der Waals surface area contributed by atoms with Crippen molar-refractivity contribution in [3.8, 4) is 5.75 Å². The molecular weight excluding hydrogens is 248 g/mol. The summed E-state index contributed by atoms with van der Waals surface area (Å²) in [6.07, 6.45) is 2.26. The first-order chi connectivity index (χ1) is 8.85. The minimum Gasteiger partial charge on any atom is -0.503 e. The molecule has 0 amide bonds. The van der Waals surface area contributed by atoms with E-state index in [0.717, 1.165) is 6.42 Å². The van der Waals surface area contributed by atoms with Crippen LogP contribution in [0.3, 0.4) is 0 Å². The van der Waals surface area contributed by atoms with Crippen molar-refractivity contribution in [2.24, 2.45) is 0 Å². The van der Waals surface area contributed by atoms with Gasteiger partial charge in [-0.25, -0.2) is 0 Å². The number of carboxylic acids is 1. The van der Waals surface area contributed by atoms with Crippen molar-refractivity contribution in [3.63, 3.8) is 0 Å². The van der Waals surface area contributed by atoms with E-state index in [2.05, 4.69) is 0 Å². The third kappa shape index (κ3) is 4.10. The second-order valence-electron chi connectivity index (χ2n) is 4.74. The van der Waals surface area contributed by atoms with Crippen molar-refractivity contribution in [2.45, 2.75) is 32.9 Å². The minimum absolute atomic E-state index is 0.102. The summed E-state index contributed by atoms with van der Waals surface area (Å²) in [4.78, 5) is 23.8. The Morgan fingerprint density at radius 1 is 1.53 bits per heavy atom. The smallest absolute Gasteiger partial charge is 0.317 e. The van der Waals surface area contributed by atoms with Gasteiger partial charge >= 0.3 is 5.97 Å². The van der Waals surface area contributed by atoms with Crippen LogP contribution in [0.5, 0.6) is 5.75 Å². The van der Waals surface area contributed by atoms with Gasteiger partial charge in [0.15, 0.2) is 5.75 Å². The highest BCUT2D eigenvalue weighted by Gasteiger charge is 2.13. The van der Waals surface area contributed by atoms with Gasteiger partial charge in [0.2, 0.25) is 5.43 Å². The highest BCUT2D eigenvalue weighted by molar-refractivity contribution is 5.69. The van der Waals surface area contributed by atoms with Crippen molar-refractivity contribution >= 4 is 5.97 Å². The molecule has 1 heterocycles. The van der Waals surface area contributed by atoms with Gasteiger partial charge in [0.25, 0.3) is 0 Å². The summed E-state index contributed by atoms with van der Waals surface area (Å²) < 4.78 is 1.81. The zero-order valence-electron chi connectivity index (χ0n) is 11.5. The molecule has 0 aromatic carbocycles. The third-order valence-corrected chi connectivity index (χ3v) is 3.05. The second-order valence-corrected chi connectivity index (χ2v) is 4.74. The van der Waals surface area contributed by atoms with Gasteiger partial charge in [-0.05, 0) is 20.4 Å². The zero-order chi connectivity index (χ0) is 14.6. The lowest BCUT2D eigenvalue weighted by Gasteiger charge is -2.22. The predicted molar refractivity (Wildman–Crippen MR) is 71.3 cm³/mol. The summed E-state index contributed by atoms with van der Waals surface area (Å²) in [6.45, 7) is 4.22. The first-order valence-electron chi connectivity index (χ1n) is 6.19. The van der Waals surface area contributed by atoms with E-state index in [0.29, 0.717) is 12.2 Å². The van der Waals surface area contributed by atoms with Gasteiger partial charge in [-0.1, -0.05) is 6.92 Å². The van der Waals surface area contributed by atoms with Crippen LogP contribution >= 0.6 is 0 Å². The standard InChI is InChI=1S/C13H20N2O4/c1-4-9(2)15-7-12(17)11(16)5-10(15)6-14(3)8-13(18)19/h5,7,9,17H,4,6,8H2,1-3H3,(H,18,19). The van der Waals surface area contributed by atoms with Crippen LogP contribution in [-0.4, -0.2) is 39.2 Å². The lowest BCUT2D eigenvalue weighted by Crippen LogP contribution is -2.28. The molecule has 0 radical (unpaired) electrons. The number of nitrogens with zero attached hydrogens (tertiary/aromatic N) is 2. The second kappa shape index (κ2) is 6.38. The van der Waals surface area contributed by atoms with E-state index in [4.69, 9.17) is 5.11 Å². The normalized spacial score (nSPS) is 12.6. The SMILES string of the molecule is CCC(C)n1cc(O)c(=O)cc1CN(C)CC(=O)O. The van der Waals surface area contributed by atoms with E-state index < -0.39 is 11.4 Å². The summed E-state index contributed by atoms with van der Waals surface area (Å²) in [5.74, 6) is -1.20. The van der Waals surface area contributed by atoms with Crippen molar-refractivity contribution in [1.29, 1.82) is 0 Å². The van der Waals surface area contributed by atoms with Gasteiger partial charge in [0.1, 0.15) is 0 Å². The molecule has 1 aromatic rings. The van der Waals surface area contributed by atoms with Gasteiger partial charge < -0.3 is 14.8 Å². The molecule has 0 spiro atoms. The quantitative estimate of drug-likeness (QED) is 0.805. The maximum absolute atomic E-state index is 11.5. The Labute approximate surface area is 111 Å². The Kier molecular flexibility index (Phi) is 5.11. The maximum atomic E-state index is 11.5. The lowest BCUT2D eigenvalue weighted by atomic mass is 10.2. The van der Waals surface area contributed by atoms with Crippen LogP contribution in [0.15, 0.2) is 17.1 Å². The van der Waals surface area contributed by atoms with Crippen LogP contribution in [0.4, 0.5) is 0 Å². The van der Waals surface area contributed by atoms with Gasteiger partial charge in [0, 0.05) is 24.3 Å². The molecule has 1 aromatic heterocycles. The topological polar surface area (TPSA) is 82.8 Å². The van der Waals surface area contributed by atoms with Gasteiger partial charge in [-0.15, -0.1) is 0 Å². The molecule has 6 heteroatoms. The van der Waals surface area contributed by atoms with Crippen LogP contribution < -0.4 is 5.43 Å². The Morgan fingerprint density at radius 3 is 2.68 bits per heavy atom. The Balaban J connectivity index is 3.07. The fraction of sp³-hybridized carbons (Fsp3) is 0.538. The number of aromatic nitrogens is 1. The summed E-state index contributed by atoms with van der Waals surface area (Å²) in [5.41, 5.74) is 0.249. The molecule has 1 rings (SSSR count). The molecule has 2 N–H and O–H groups in total. The molecule has 0 aliphatic rings. The zero-order valence-corrected chi connectivity index (χ0v) is 11.5. The summed E-state index contributed by atoms with van der Waals surface area (Å²) in [7, 11) is 1.67. The highest BCUT2D eigenvalue weighted by Crippen LogP contribution is 2.16. The molecular formula is C13H20N2O4. The first kappa shape index (κ1) is 15.2. The first-order valence-corrected chi connectivity index (χ1v) is 6.19. The van der Waals surface area contributed by atoms with Gasteiger partial charge in [-0.2, -0.15) is 0 Å². The molecule has 1 unspecified atom stereocenters. The number of likely N-dealkylation sites (N-methyl/N-ethyl adjacent to an activating group) is 1. The number of rotatable bonds is 6. The van der Waals surface area contributed by atoms with E-state index in [1.54, 1.807) is 11.9 Å². The van der Waals surface area contributed by atoms with Crippen LogP contribution in [0.1, 0.15) is 32.0 Å². The van der Waals surface area contributed by atoms with Crippen molar-refractivity contribution in [3.05, 3.63) is 28.2 Å². The molecule has 0 aliphatic carbocycles. The number of hydrogen-bond donors (Lipinski definition) is 2. The largest absolute Gasteiger partial charge is 0.503 e. The highest BCUT2D eigenvalue weighted by atomic mass is 16.4. The fourth-order valence-corrected chi connectivity index (χ4v) is 1.88. The van der Waals surface area contributed by atoms with E-state index >= 15 is 0 Å². The average molecular weight is 268 g/mol. The Morgan fingerprint density at radius 2 is 2.16 bits per heavy atom. The minimum atomic E-state index is -0.918. The van der Waals surface area contributed by atoms with E-state index in [1.807, 2.05) is 18.4 Å². The summed E-state index contributed by atoms with van der Waals surface area (Å²) >= 11 is 0. The van der Waals surface area contributed by atoms with Crippen LogP contribution in [0.2, 0.25) is 0 Å². The molecule has 106 valence electrons. The Bertz CT molecular complexity index is 510. The van der Waals surface area contributed by atoms with Crippen LogP contribution in [0.25, 0.3) is 0 Å². The number of aliphatic carboxylic acids is 1. The van der Waals surface area contributed by atoms with Crippen LogP contribution in [-0.2, 0) is 11.3 Å². The van der Waals surface area contributed by atoms with E-state index in [9.17, 15) is 14.7 Å². The van der Waals surface area contributed by atoms with Crippen molar-refractivity contribution < 1.29 is 15.0 Å². The van der Waals surface area contributed by atoms with Gasteiger partial charge in [-0.3, -0.25) is 14.5 Å². The number of hydrogen-bond acceptors (Lipinski definition) is 4. The number of carboxylic acid groups (broad SMARTS) is 1. The lowest BCUT2D eigenvalue weighted by molar-refractivity contribution is -0.138. The molecule has 0 aliphatic heterocycles. The average Bonchev–Trinajstić information content (AvgIpc) is 2.31. The number of aromatic hydroxyl groups is 1. The van der Waals surface area contributed by atoms with Crippen LogP contribution in [0, 0.1) is 0 Å². The van der Waals surface area contributed by atoms with Gasteiger partial charge in [0.05, 0.1) is 12.7 Å². The van der Waals surface area contributed by atoms with E-state index in [1.165, 1.54) is 12.3 Å². The summed E-state index contributed by atoms with van der Waals surface area (Å²) in [6, 6.07) is 1.49. The third-order valence-electron chi connectivity index (χ3n) is 3.05. The molecule has 0 saturated carbocycles. The number of pyridine rings is 1. The monoisotopic (exact) mass is 268 g/mol. The fourth-order valence-electron chi connectivity index (χ4n) is 1.88. The molecule has 6 nitrogen and oxygen atoms in total. The summed E-state index contributed by atoms with van der Waals surface area (Å²) in [5, 5.41) is 18.2. The van der Waals surface area contributed by atoms with E-state index in [-0.39, 0.29) is 18.3 Å². The van der Waals surface area contributed by atoms with Crippen molar-refractivity contribution in [2.75, 3.05) is 13.6 Å². The molecule has 0 fully saturated rings. The molecule has 1 atom stereocenters. The molecule has 0 saturated heterocycles. The Hall–Kier alpha value is -1.82. The molecule has 0 bridgehead atoms.